The second-order valence-electron chi connectivity index (χ2n) is 7.76. The van der Waals surface area contributed by atoms with Gasteiger partial charge in [0.2, 0.25) is 23.2 Å². The van der Waals surface area contributed by atoms with E-state index in [2.05, 4.69) is 0 Å². The Morgan fingerprint density at radius 3 is 2.26 bits per heavy atom. The molecule has 2 heterocycles. The van der Waals surface area contributed by atoms with E-state index in [4.69, 9.17) is 18.6 Å². The van der Waals surface area contributed by atoms with Crippen LogP contribution >= 0.6 is 0 Å². The normalized spacial score (nSPS) is 24.4. The molecule has 0 bridgehead atoms. The first-order valence-electron chi connectivity index (χ1n) is 10.2. The minimum atomic E-state index is -1.85. The summed E-state index contributed by atoms with van der Waals surface area (Å²) >= 11 is 0. The average Bonchev–Trinajstić information content (AvgIpc) is 2.82. The summed E-state index contributed by atoms with van der Waals surface area (Å²) in [6.07, 6.45) is -8.38. The smallest absolute Gasteiger partial charge is 0.239 e. The summed E-state index contributed by atoms with van der Waals surface area (Å²) in [5.41, 5.74) is -1.07. The number of rotatable bonds is 5. The van der Waals surface area contributed by atoms with Gasteiger partial charge in [-0.15, -0.1) is 0 Å². The number of hydrogen-bond acceptors (Lipinski definition) is 13. The molecule has 1 saturated heterocycles. The Bertz CT molecular complexity index is 1320. The monoisotopic (exact) mass is 494 g/mol. The van der Waals surface area contributed by atoms with E-state index in [0.29, 0.717) is 0 Å². The number of aromatic hydroxyl groups is 4. The molecule has 0 saturated carbocycles. The molecule has 2 unspecified atom stereocenters. The van der Waals surface area contributed by atoms with Crippen molar-refractivity contribution in [1.29, 1.82) is 0 Å². The molecule has 5 atom stereocenters. The highest BCUT2D eigenvalue weighted by molar-refractivity contribution is 5.91. The molecule has 0 radical (unpaired) electrons. The van der Waals surface area contributed by atoms with Gasteiger partial charge in [-0.25, -0.2) is 0 Å². The summed E-state index contributed by atoms with van der Waals surface area (Å²) < 4.78 is 21.3. The molecule has 1 aromatic heterocycles. The fourth-order valence-electron chi connectivity index (χ4n) is 3.72. The zero-order valence-corrected chi connectivity index (χ0v) is 18.0. The predicted octanol–water partition coefficient (Wildman–Crippen LogP) is -0.530. The molecule has 13 nitrogen and oxygen atoms in total. The number of aliphatic hydroxyl groups is 4. The molecule has 1 aliphatic heterocycles. The first kappa shape index (κ1) is 24.4. The van der Waals surface area contributed by atoms with Crippen LogP contribution in [0.1, 0.15) is 0 Å². The van der Waals surface area contributed by atoms with Crippen LogP contribution in [0.3, 0.4) is 0 Å². The van der Waals surface area contributed by atoms with Crippen LogP contribution < -0.4 is 14.9 Å². The fraction of sp³-hybridized carbons (Fsp3) is 0.318. The molecular weight excluding hydrogens is 472 g/mol. The summed E-state index contributed by atoms with van der Waals surface area (Å²) in [6.45, 7) is -0.739. The first-order chi connectivity index (χ1) is 16.6. The highest BCUT2D eigenvalue weighted by atomic mass is 16.7. The van der Waals surface area contributed by atoms with Crippen molar-refractivity contribution in [3.63, 3.8) is 0 Å². The third-order valence-electron chi connectivity index (χ3n) is 5.57. The zero-order chi connectivity index (χ0) is 25.6. The highest BCUT2D eigenvalue weighted by Crippen LogP contribution is 2.45. The van der Waals surface area contributed by atoms with Gasteiger partial charge in [-0.2, -0.15) is 0 Å². The van der Waals surface area contributed by atoms with Crippen LogP contribution in [0, 0.1) is 0 Å². The summed E-state index contributed by atoms with van der Waals surface area (Å²) in [7, 11) is 1.16. The number of aliphatic hydroxyl groups excluding tert-OH is 4. The molecule has 4 rings (SSSR count). The molecule has 8 N–H and O–H groups in total. The van der Waals surface area contributed by atoms with Crippen molar-refractivity contribution in [1.82, 2.24) is 0 Å². The van der Waals surface area contributed by atoms with E-state index in [1.165, 1.54) is 6.07 Å². The lowest BCUT2D eigenvalue weighted by atomic mass is 9.99. The zero-order valence-electron chi connectivity index (χ0n) is 18.0. The van der Waals surface area contributed by atoms with Gasteiger partial charge in [0, 0.05) is 11.6 Å². The molecule has 2 aromatic carbocycles. The standard InChI is InChI=1S/C22H22O13/c1-32-21-16(29)13-11(33-19(21)7-2-3-8(24)9(25)4-7)5-10(26)20(15(13)28)35-22-18(31)17(30)14(27)12(6-23)34-22/h2-5,12,14,17-18,22-28,30-31H,6H2,1H3/t12?,14-,17+,18?,22+/m1/s1. The SMILES string of the molecule is COc1c(-c2ccc(O)c(O)c2)oc2cc(O)c(O[C@@H]3OC(CO)[C@@H](O)[C@H](O)C3O)c(O)c2c1=O. The molecule has 0 spiro atoms. The number of methoxy groups -OCH3 is 1. The van der Waals surface area contributed by atoms with Gasteiger partial charge < -0.3 is 59.5 Å². The summed E-state index contributed by atoms with van der Waals surface area (Å²) in [5, 5.41) is 79.4. The molecule has 35 heavy (non-hydrogen) atoms. The number of fused-ring (bicyclic) bond motifs is 1. The van der Waals surface area contributed by atoms with Gasteiger partial charge in [0.25, 0.3) is 0 Å². The van der Waals surface area contributed by atoms with Crippen LogP contribution in [0.5, 0.6) is 34.5 Å². The number of benzene rings is 2. The van der Waals surface area contributed by atoms with E-state index >= 15 is 0 Å². The molecule has 1 fully saturated rings. The molecule has 1 aliphatic rings. The Kier molecular flexibility index (Phi) is 6.36. The minimum absolute atomic E-state index is 0.136. The van der Waals surface area contributed by atoms with Crippen LogP contribution in [0.2, 0.25) is 0 Å². The topological polar surface area (TPSA) is 220 Å². The minimum Gasteiger partial charge on any atom is -0.504 e. The summed E-state index contributed by atoms with van der Waals surface area (Å²) in [5.74, 6) is -3.86. The van der Waals surface area contributed by atoms with Gasteiger partial charge in [0.15, 0.2) is 28.8 Å². The van der Waals surface area contributed by atoms with Crippen LogP contribution in [0.15, 0.2) is 33.5 Å². The van der Waals surface area contributed by atoms with Crippen molar-refractivity contribution in [2.24, 2.45) is 0 Å². The number of phenols is 4. The van der Waals surface area contributed by atoms with E-state index < -0.39 is 76.9 Å². The maximum Gasteiger partial charge on any atom is 0.239 e. The second kappa shape index (κ2) is 9.13. The third-order valence-corrected chi connectivity index (χ3v) is 5.57. The number of phenolic OH excluding ortho intramolecular Hbond substituents is 4. The van der Waals surface area contributed by atoms with Crippen molar-refractivity contribution in [3.05, 3.63) is 34.5 Å². The van der Waals surface area contributed by atoms with E-state index in [-0.39, 0.29) is 22.7 Å². The summed E-state index contributed by atoms with van der Waals surface area (Å²) in [6, 6.07) is 4.52. The predicted molar refractivity (Wildman–Crippen MR) is 116 cm³/mol. The molecule has 3 aromatic rings. The van der Waals surface area contributed by atoms with E-state index in [1.54, 1.807) is 0 Å². The van der Waals surface area contributed by atoms with Crippen LogP contribution in [0.4, 0.5) is 0 Å². The highest BCUT2D eigenvalue weighted by Gasteiger charge is 2.45. The van der Waals surface area contributed by atoms with Gasteiger partial charge >= 0.3 is 0 Å². The van der Waals surface area contributed by atoms with Gasteiger partial charge in [-0.1, -0.05) is 0 Å². The van der Waals surface area contributed by atoms with Crippen molar-refractivity contribution < 1.29 is 59.5 Å². The molecule has 0 aliphatic carbocycles. The number of hydrogen-bond donors (Lipinski definition) is 8. The molecular formula is C22H22O13. The van der Waals surface area contributed by atoms with Crippen LogP contribution in [-0.2, 0) is 4.74 Å². The molecule has 188 valence electrons. The summed E-state index contributed by atoms with van der Waals surface area (Å²) in [4.78, 5) is 13.2. The maximum absolute atomic E-state index is 13.2. The fourth-order valence-corrected chi connectivity index (χ4v) is 3.72. The lowest BCUT2D eigenvalue weighted by molar-refractivity contribution is -0.277. The lowest BCUT2D eigenvalue weighted by Gasteiger charge is -2.39. The first-order valence-corrected chi connectivity index (χ1v) is 10.2. The van der Waals surface area contributed by atoms with Crippen molar-refractivity contribution in [3.8, 4) is 45.8 Å². The Hall–Kier alpha value is -3.75. The van der Waals surface area contributed by atoms with Gasteiger partial charge in [-0.05, 0) is 18.2 Å². The number of ether oxygens (including phenoxy) is 3. The molecule has 0 amide bonds. The van der Waals surface area contributed by atoms with Crippen LogP contribution in [-0.4, -0.2) is 85.3 Å². The van der Waals surface area contributed by atoms with Crippen LogP contribution in [0.25, 0.3) is 22.3 Å². The van der Waals surface area contributed by atoms with Crippen molar-refractivity contribution in [2.75, 3.05) is 13.7 Å². The average molecular weight is 494 g/mol. The lowest BCUT2D eigenvalue weighted by Crippen LogP contribution is -2.60. The Balaban J connectivity index is 1.83. The van der Waals surface area contributed by atoms with Gasteiger partial charge in [0.05, 0.1) is 13.7 Å². The van der Waals surface area contributed by atoms with E-state index in [1.807, 2.05) is 0 Å². The van der Waals surface area contributed by atoms with Crippen molar-refractivity contribution in [2.45, 2.75) is 30.7 Å². The molecule has 13 heteroatoms. The Labute approximate surface area is 195 Å². The van der Waals surface area contributed by atoms with Gasteiger partial charge in [-0.3, -0.25) is 4.79 Å². The third kappa shape index (κ3) is 4.05. The Morgan fingerprint density at radius 1 is 0.914 bits per heavy atom. The Morgan fingerprint density at radius 2 is 1.63 bits per heavy atom. The van der Waals surface area contributed by atoms with E-state index in [9.17, 15) is 45.6 Å². The largest absolute Gasteiger partial charge is 0.504 e. The second-order valence-corrected chi connectivity index (χ2v) is 7.76. The maximum atomic E-state index is 13.2. The van der Waals surface area contributed by atoms with E-state index in [0.717, 1.165) is 25.3 Å². The quantitative estimate of drug-likeness (QED) is 0.209. The van der Waals surface area contributed by atoms with Gasteiger partial charge in [0.1, 0.15) is 35.4 Å². The van der Waals surface area contributed by atoms with Crippen molar-refractivity contribution >= 4 is 11.0 Å².